The summed E-state index contributed by atoms with van der Waals surface area (Å²) in [6, 6.07) is 1.92. The Morgan fingerprint density at radius 3 is 1.96 bits per heavy atom. The summed E-state index contributed by atoms with van der Waals surface area (Å²) in [4.78, 5) is 19.3. The summed E-state index contributed by atoms with van der Waals surface area (Å²) in [7, 11) is 0. The van der Waals surface area contributed by atoms with Crippen LogP contribution in [0, 0.1) is 20.2 Å². The van der Waals surface area contributed by atoms with Crippen molar-refractivity contribution in [3.63, 3.8) is 0 Å². The van der Waals surface area contributed by atoms with Crippen LogP contribution in [0.1, 0.15) is 11.1 Å². The molecule has 0 saturated heterocycles. The number of nitrogens with one attached hydrogen (secondary N) is 1. The Balaban J connectivity index is 2.75. The van der Waals surface area contributed by atoms with Crippen molar-refractivity contribution in [2.45, 2.75) is 12.4 Å². The number of non-ortho nitro benzene ring substituents is 1. The third kappa shape index (κ3) is 4.42. The van der Waals surface area contributed by atoms with Crippen molar-refractivity contribution in [1.82, 2.24) is 0 Å². The summed E-state index contributed by atoms with van der Waals surface area (Å²) in [5.74, 6) is 0. The van der Waals surface area contributed by atoms with Gasteiger partial charge in [-0.25, -0.2) is 0 Å². The van der Waals surface area contributed by atoms with Crippen LogP contribution in [0.4, 0.5) is 49.1 Å². The third-order valence-electron chi connectivity index (χ3n) is 3.37. The second-order valence-corrected chi connectivity index (χ2v) is 5.62. The molecule has 7 nitrogen and oxygen atoms in total. The summed E-state index contributed by atoms with van der Waals surface area (Å²) in [6.07, 6.45) is -10.2. The number of benzene rings is 2. The summed E-state index contributed by atoms with van der Waals surface area (Å²) >= 11 is 5.69. The van der Waals surface area contributed by atoms with E-state index in [1.165, 1.54) is 0 Å². The predicted molar refractivity (Wildman–Crippen MR) is 84.5 cm³/mol. The number of nitrogens with zero attached hydrogens (tertiary/aromatic N) is 2. The lowest BCUT2D eigenvalue weighted by Crippen LogP contribution is -2.12. The van der Waals surface area contributed by atoms with Gasteiger partial charge in [0.15, 0.2) is 0 Å². The van der Waals surface area contributed by atoms with Crippen LogP contribution in [0.3, 0.4) is 0 Å². The smallest absolute Gasteiger partial charge is 0.348 e. The first kappa shape index (κ1) is 21.2. The zero-order valence-corrected chi connectivity index (χ0v) is 13.8. The quantitative estimate of drug-likeness (QED) is 0.368. The normalized spacial score (nSPS) is 12.0. The van der Waals surface area contributed by atoms with Crippen LogP contribution in [-0.4, -0.2) is 9.85 Å². The van der Waals surface area contributed by atoms with Crippen LogP contribution < -0.4 is 5.32 Å². The van der Waals surface area contributed by atoms with Crippen molar-refractivity contribution in [2.75, 3.05) is 5.32 Å². The second-order valence-electron chi connectivity index (χ2n) is 5.22. The fourth-order valence-corrected chi connectivity index (χ4v) is 2.31. The molecule has 0 bridgehead atoms. The van der Waals surface area contributed by atoms with Gasteiger partial charge in [-0.1, -0.05) is 11.6 Å². The molecule has 14 heteroatoms. The minimum absolute atomic E-state index is 0.0247. The van der Waals surface area contributed by atoms with Crippen LogP contribution in [0.25, 0.3) is 0 Å². The summed E-state index contributed by atoms with van der Waals surface area (Å²) in [5.41, 5.74) is -7.68. The second kappa shape index (κ2) is 7.14. The van der Waals surface area contributed by atoms with Crippen molar-refractivity contribution in [3.8, 4) is 0 Å². The Hall–Kier alpha value is -3.09. The van der Waals surface area contributed by atoms with Crippen LogP contribution in [-0.2, 0) is 12.4 Å². The topological polar surface area (TPSA) is 98.3 Å². The van der Waals surface area contributed by atoms with Gasteiger partial charge < -0.3 is 5.32 Å². The number of nitro groups is 2. The van der Waals surface area contributed by atoms with Gasteiger partial charge in [0.1, 0.15) is 5.69 Å². The van der Waals surface area contributed by atoms with E-state index in [2.05, 4.69) is 0 Å². The molecule has 0 atom stereocenters. The Labute approximate surface area is 155 Å². The molecule has 0 spiro atoms. The van der Waals surface area contributed by atoms with Crippen molar-refractivity contribution in [3.05, 3.63) is 66.7 Å². The Morgan fingerprint density at radius 2 is 1.50 bits per heavy atom. The standard InChI is InChI=1S/C14H6ClF6N3O4/c15-9-2-1-6(13(16,17)18)3-10(9)22-12-8(14(19,20)21)4-7(23(25)26)5-11(12)24(27)28/h1-5,22H. The molecule has 150 valence electrons. The van der Waals surface area contributed by atoms with Crippen molar-refractivity contribution in [1.29, 1.82) is 0 Å². The van der Waals surface area contributed by atoms with Gasteiger partial charge in [-0.15, -0.1) is 0 Å². The predicted octanol–water partition coefficient (Wildman–Crippen LogP) is 5.94. The molecule has 2 rings (SSSR count). The molecule has 0 aromatic heterocycles. The molecule has 0 heterocycles. The molecule has 0 aliphatic rings. The van der Waals surface area contributed by atoms with E-state index in [4.69, 9.17) is 11.6 Å². The maximum Gasteiger partial charge on any atom is 0.418 e. The zero-order chi connectivity index (χ0) is 21.4. The van der Waals surface area contributed by atoms with Crippen LogP contribution in [0.15, 0.2) is 30.3 Å². The summed E-state index contributed by atoms with van der Waals surface area (Å²) in [6.45, 7) is 0. The number of nitro benzene ring substituents is 2. The number of anilines is 2. The van der Waals surface area contributed by atoms with E-state index in [0.29, 0.717) is 12.1 Å². The number of hydrogen-bond donors (Lipinski definition) is 1. The molecule has 2 aromatic carbocycles. The van der Waals surface area contributed by atoms with Gasteiger partial charge in [-0.3, -0.25) is 20.2 Å². The Kier molecular flexibility index (Phi) is 5.41. The largest absolute Gasteiger partial charge is 0.418 e. The fraction of sp³-hybridized carbons (Fsp3) is 0.143. The first-order chi connectivity index (χ1) is 12.7. The van der Waals surface area contributed by atoms with Gasteiger partial charge in [0.2, 0.25) is 0 Å². The van der Waals surface area contributed by atoms with Gasteiger partial charge >= 0.3 is 12.4 Å². The lowest BCUT2D eigenvalue weighted by molar-refractivity contribution is -0.394. The van der Waals surface area contributed by atoms with E-state index in [0.717, 1.165) is 6.07 Å². The van der Waals surface area contributed by atoms with Crippen LogP contribution >= 0.6 is 11.6 Å². The van der Waals surface area contributed by atoms with Crippen molar-refractivity contribution < 1.29 is 36.2 Å². The highest BCUT2D eigenvalue weighted by Gasteiger charge is 2.40. The lowest BCUT2D eigenvalue weighted by Gasteiger charge is -2.16. The van der Waals surface area contributed by atoms with Gasteiger partial charge in [0.05, 0.1) is 37.7 Å². The van der Waals surface area contributed by atoms with E-state index in [1.54, 1.807) is 0 Å². The molecule has 0 aliphatic heterocycles. The Bertz CT molecular complexity index is 961. The maximum absolute atomic E-state index is 13.3. The molecular formula is C14H6ClF6N3O4. The average molecular weight is 430 g/mol. The third-order valence-corrected chi connectivity index (χ3v) is 3.70. The Morgan fingerprint density at radius 1 is 0.893 bits per heavy atom. The van der Waals surface area contributed by atoms with Crippen molar-refractivity contribution in [2.24, 2.45) is 0 Å². The molecule has 0 fully saturated rings. The molecule has 0 amide bonds. The average Bonchev–Trinajstić information content (AvgIpc) is 2.54. The molecule has 28 heavy (non-hydrogen) atoms. The monoisotopic (exact) mass is 429 g/mol. The van der Waals surface area contributed by atoms with Crippen LogP contribution in [0.2, 0.25) is 5.02 Å². The molecule has 0 aliphatic carbocycles. The first-order valence-corrected chi connectivity index (χ1v) is 7.27. The van der Waals surface area contributed by atoms with Crippen LogP contribution in [0.5, 0.6) is 0 Å². The van der Waals surface area contributed by atoms with E-state index < -0.39 is 61.1 Å². The lowest BCUT2D eigenvalue weighted by atomic mass is 10.1. The van der Waals surface area contributed by atoms with Gasteiger partial charge in [0, 0.05) is 6.07 Å². The molecule has 0 unspecified atom stereocenters. The minimum Gasteiger partial charge on any atom is -0.348 e. The molecule has 2 aromatic rings. The number of halogens is 7. The summed E-state index contributed by atoms with van der Waals surface area (Å²) in [5, 5.41) is 23.3. The first-order valence-electron chi connectivity index (χ1n) is 6.89. The molecular weight excluding hydrogens is 424 g/mol. The maximum atomic E-state index is 13.3. The fourth-order valence-electron chi connectivity index (χ4n) is 2.15. The van der Waals surface area contributed by atoms with Gasteiger partial charge in [0.25, 0.3) is 11.4 Å². The number of alkyl halides is 6. The minimum atomic E-state index is -5.30. The van der Waals surface area contributed by atoms with E-state index in [9.17, 15) is 46.6 Å². The molecule has 0 saturated carbocycles. The molecule has 0 radical (unpaired) electrons. The van der Waals surface area contributed by atoms with E-state index in [1.807, 2.05) is 5.32 Å². The summed E-state index contributed by atoms with van der Waals surface area (Å²) < 4.78 is 78.4. The van der Waals surface area contributed by atoms with Crippen molar-refractivity contribution >= 4 is 34.4 Å². The van der Waals surface area contributed by atoms with E-state index >= 15 is 0 Å². The number of rotatable bonds is 4. The number of hydrogen-bond acceptors (Lipinski definition) is 5. The highest BCUT2D eigenvalue weighted by molar-refractivity contribution is 6.33. The SMILES string of the molecule is O=[N+]([O-])c1cc([N+](=O)[O-])c(Nc2cc(C(F)(F)F)ccc2Cl)c(C(F)(F)F)c1. The van der Waals surface area contributed by atoms with E-state index in [-0.39, 0.29) is 12.1 Å². The zero-order valence-electron chi connectivity index (χ0n) is 13.1. The van der Waals surface area contributed by atoms with Gasteiger partial charge in [-0.2, -0.15) is 26.3 Å². The molecule has 1 N–H and O–H groups in total. The van der Waals surface area contributed by atoms with Gasteiger partial charge in [-0.05, 0) is 18.2 Å². The highest BCUT2D eigenvalue weighted by Crippen LogP contribution is 2.45. The highest BCUT2D eigenvalue weighted by atomic mass is 35.5.